The molecule has 29 heavy (non-hydrogen) atoms. The molecule has 1 heterocycles. The van der Waals surface area contributed by atoms with Crippen molar-refractivity contribution in [2.24, 2.45) is 0 Å². The number of carbonyl (C=O) groups excluding carboxylic acids is 2. The molecule has 1 aliphatic carbocycles. The van der Waals surface area contributed by atoms with Crippen LogP contribution in [0.3, 0.4) is 0 Å². The van der Waals surface area contributed by atoms with E-state index in [-0.39, 0.29) is 17.9 Å². The molecule has 2 amide bonds. The monoisotopic (exact) mass is 415 g/mol. The molecular formula is C23H33N3O2S. The molecule has 1 saturated carbocycles. The third kappa shape index (κ3) is 6.61. The summed E-state index contributed by atoms with van der Waals surface area (Å²) in [5.41, 5.74) is 1.30. The molecule has 2 aliphatic rings. The van der Waals surface area contributed by atoms with Gasteiger partial charge in [0.05, 0.1) is 4.91 Å². The average Bonchev–Trinajstić information content (AvgIpc) is 2.71. The first-order valence-electron chi connectivity index (χ1n) is 10.8. The van der Waals surface area contributed by atoms with Gasteiger partial charge in [-0.05, 0) is 38.7 Å². The number of nitrogens with one attached hydrogen (secondary N) is 2. The van der Waals surface area contributed by atoms with Crippen LogP contribution in [0, 0.1) is 0 Å². The quantitative estimate of drug-likeness (QED) is 0.504. The van der Waals surface area contributed by atoms with Crippen LogP contribution in [0.2, 0.25) is 0 Å². The largest absolute Gasteiger partial charge is 0.352 e. The van der Waals surface area contributed by atoms with Crippen molar-refractivity contribution in [3.05, 3.63) is 46.9 Å². The predicted octanol–water partition coefficient (Wildman–Crippen LogP) is 3.46. The van der Waals surface area contributed by atoms with Crippen molar-refractivity contribution in [2.75, 3.05) is 13.1 Å². The molecule has 1 aromatic carbocycles. The van der Waals surface area contributed by atoms with Gasteiger partial charge in [-0.3, -0.25) is 14.5 Å². The van der Waals surface area contributed by atoms with Crippen LogP contribution >= 0.6 is 11.8 Å². The maximum atomic E-state index is 12.3. The van der Waals surface area contributed by atoms with Gasteiger partial charge in [0, 0.05) is 43.0 Å². The smallest absolute Gasteiger partial charge is 0.258 e. The van der Waals surface area contributed by atoms with Gasteiger partial charge in [0.2, 0.25) is 5.91 Å². The Morgan fingerprint density at radius 1 is 1.28 bits per heavy atom. The molecule has 1 aliphatic heterocycles. The summed E-state index contributed by atoms with van der Waals surface area (Å²) < 4.78 is 0. The Bertz CT molecular complexity index is 720. The van der Waals surface area contributed by atoms with E-state index in [0.29, 0.717) is 22.7 Å². The summed E-state index contributed by atoms with van der Waals surface area (Å²) in [5, 5.41) is 6.44. The van der Waals surface area contributed by atoms with E-state index in [1.165, 1.54) is 24.5 Å². The summed E-state index contributed by atoms with van der Waals surface area (Å²) in [5.74, 6) is -0.266. The molecule has 2 atom stereocenters. The highest BCUT2D eigenvalue weighted by Gasteiger charge is 2.34. The zero-order valence-corrected chi connectivity index (χ0v) is 18.3. The van der Waals surface area contributed by atoms with Crippen LogP contribution in [0.25, 0.3) is 0 Å². The van der Waals surface area contributed by atoms with E-state index < -0.39 is 0 Å². The first-order chi connectivity index (χ1) is 14.0. The van der Waals surface area contributed by atoms with Crippen molar-refractivity contribution >= 4 is 23.6 Å². The Labute approximate surface area is 178 Å². The van der Waals surface area contributed by atoms with Gasteiger partial charge in [-0.2, -0.15) is 0 Å². The van der Waals surface area contributed by atoms with Gasteiger partial charge in [0.25, 0.3) is 5.91 Å². The number of fused-ring (bicyclic) bond motifs is 1. The Hall–Kier alpha value is -1.79. The average molecular weight is 416 g/mol. The van der Waals surface area contributed by atoms with Crippen LogP contribution in [0.1, 0.15) is 51.5 Å². The fraction of sp³-hybridized carbons (Fsp3) is 0.565. The summed E-state index contributed by atoms with van der Waals surface area (Å²) in [6.07, 6.45) is 6.91. The standard InChI is InChI=1S/C23H33N3O2S/c1-17(2)26(16-18-9-4-3-5-10-18)14-8-13-24-22(27)15-21-23(28)25-19-11-6-7-12-20(19)29-21/h3-5,9-10,15,17,19-20H,6-8,11-14,16H2,1-2H3,(H,24,27)(H,25,28)/b21-15-. The van der Waals surface area contributed by atoms with E-state index >= 15 is 0 Å². The molecule has 0 spiro atoms. The third-order valence-electron chi connectivity index (χ3n) is 5.66. The number of thioether (sulfide) groups is 1. The summed E-state index contributed by atoms with van der Waals surface area (Å²) in [6, 6.07) is 11.2. The minimum absolute atomic E-state index is 0.0952. The first-order valence-corrected chi connectivity index (χ1v) is 11.7. The van der Waals surface area contributed by atoms with Gasteiger partial charge in [-0.15, -0.1) is 11.8 Å². The van der Waals surface area contributed by atoms with Crippen molar-refractivity contribution < 1.29 is 9.59 Å². The lowest BCUT2D eigenvalue weighted by atomic mass is 9.94. The molecule has 0 aromatic heterocycles. The van der Waals surface area contributed by atoms with Crippen LogP contribution in [0.5, 0.6) is 0 Å². The molecule has 158 valence electrons. The molecule has 2 N–H and O–H groups in total. The second-order valence-electron chi connectivity index (χ2n) is 8.22. The maximum Gasteiger partial charge on any atom is 0.258 e. The van der Waals surface area contributed by atoms with Crippen LogP contribution in [0.15, 0.2) is 41.3 Å². The number of benzene rings is 1. The van der Waals surface area contributed by atoms with Gasteiger partial charge in [0.1, 0.15) is 0 Å². The maximum absolute atomic E-state index is 12.3. The number of hydrogen-bond acceptors (Lipinski definition) is 4. The second kappa shape index (κ2) is 10.8. The Morgan fingerprint density at radius 2 is 2.03 bits per heavy atom. The van der Waals surface area contributed by atoms with E-state index in [2.05, 4.69) is 53.6 Å². The van der Waals surface area contributed by atoms with Crippen LogP contribution in [-0.2, 0) is 16.1 Å². The summed E-state index contributed by atoms with van der Waals surface area (Å²) in [7, 11) is 0. The van der Waals surface area contributed by atoms with Crippen molar-refractivity contribution in [3.8, 4) is 0 Å². The van der Waals surface area contributed by atoms with Crippen LogP contribution < -0.4 is 10.6 Å². The van der Waals surface area contributed by atoms with Crippen LogP contribution in [0.4, 0.5) is 0 Å². The normalized spacial score (nSPS) is 23.2. The Morgan fingerprint density at radius 3 is 2.79 bits per heavy atom. The van der Waals surface area contributed by atoms with Crippen molar-refractivity contribution in [1.82, 2.24) is 15.5 Å². The van der Waals surface area contributed by atoms with Gasteiger partial charge >= 0.3 is 0 Å². The summed E-state index contributed by atoms with van der Waals surface area (Å²) in [6.45, 7) is 6.84. The Kier molecular flexibility index (Phi) is 8.19. The molecule has 0 bridgehead atoms. The SMILES string of the molecule is CC(C)N(CCCNC(=O)/C=C1\SC2CCCCC2NC1=O)Cc1ccccc1. The minimum Gasteiger partial charge on any atom is -0.352 e. The van der Waals surface area contributed by atoms with Crippen molar-refractivity contribution in [2.45, 2.75) is 69.8 Å². The molecule has 6 heteroatoms. The zero-order valence-electron chi connectivity index (χ0n) is 17.5. The lowest BCUT2D eigenvalue weighted by Crippen LogP contribution is -2.48. The second-order valence-corrected chi connectivity index (χ2v) is 9.50. The molecule has 0 radical (unpaired) electrons. The van der Waals surface area contributed by atoms with Gasteiger partial charge in [-0.25, -0.2) is 0 Å². The summed E-state index contributed by atoms with van der Waals surface area (Å²) >= 11 is 1.58. The highest BCUT2D eigenvalue weighted by Crippen LogP contribution is 2.36. The molecule has 2 unspecified atom stereocenters. The van der Waals surface area contributed by atoms with Gasteiger partial charge in [0.15, 0.2) is 0 Å². The lowest BCUT2D eigenvalue weighted by Gasteiger charge is -2.36. The highest BCUT2D eigenvalue weighted by molar-refractivity contribution is 8.04. The number of carbonyl (C=O) groups is 2. The molecule has 1 aromatic rings. The highest BCUT2D eigenvalue weighted by atomic mass is 32.2. The van der Waals surface area contributed by atoms with E-state index in [0.717, 1.165) is 32.4 Å². The molecule has 1 saturated heterocycles. The number of nitrogens with zero attached hydrogens (tertiary/aromatic N) is 1. The summed E-state index contributed by atoms with van der Waals surface area (Å²) in [4.78, 5) is 27.5. The Balaban J connectivity index is 1.43. The molecule has 5 nitrogen and oxygen atoms in total. The fourth-order valence-corrected chi connectivity index (χ4v) is 5.28. The number of rotatable bonds is 8. The first kappa shape index (κ1) is 21.9. The van der Waals surface area contributed by atoms with Gasteiger partial charge < -0.3 is 10.6 Å². The van der Waals surface area contributed by atoms with Crippen LogP contribution in [-0.4, -0.2) is 47.1 Å². The topological polar surface area (TPSA) is 61.4 Å². The molecular weight excluding hydrogens is 382 g/mol. The van der Waals surface area contributed by atoms with Crippen molar-refractivity contribution in [3.63, 3.8) is 0 Å². The fourth-order valence-electron chi connectivity index (χ4n) is 3.96. The van der Waals surface area contributed by atoms with E-state index in [1.54, 1.807) is 11.8 Å². The number of hydrogen-bond donors (Lipinski definition) is 2. The zero-order chi connectivity index (χ0) is 20.6. The van der Waals surface area contributed by atoms with E-state index in [1.807, 2.05) is 6.07 Å². The molecule has 3 rings (SSSR count). The third-order valence-corrected chi connectivity index (χ3v) is 7.09. The molecule has 2 fully saturated rings. The minimum atomic E-state index is -0.170. The van der Waals surface area contributed by atoms with E-state index in [4.69, 9.17) is 0 Å². The number of amides is 2. The predicted molar refractivity (Wildman–Crippen MR) is 119 cm³/mol. The lowest BCUT2D eigenvalue weighted by molar-refractivity contribution is -0.119. The van der Waals surface area contributed by atoms with E-state index in [9.17, 15) is 9.59 Å². The van der Waals surface area contributed by atoms with Gasteiger partial charge in [-0.1, -0.05) is 43.2 Å². The van der Waals surface area contributed by atoms with Crippen molar-refractivity contribution in [1.29, 1.82) is 0 Å².